The minimum absolute atomic E-state index is 0.124. The maximum absolute atomic E-state index is 5.58. The Bertz CT molecular complexity index is 3090. The summed E-state index contributed by atoms with van der Waals surface area (Å²) >= 11 is 8.26. The van der Waals surface area contributed by atoms with E-state index in [1.807, 2.05) is 0 Å². The average Bonchev–Trinajstić information content (AvgIpc) is 4.34. The van der Waals surface area contributed by atoms with Crippen LogP contribution in [-0.4, -0.2) is 22.8 Å². The Labute approximate surface area is 470 Å². The molecule has 0 unspecified atom stereocenters. The standard InChI is InChI=1S/C70H74Br2N4/c1-5-9-13-21-43-69(44-22-14-10-6-2)53-33-19-17-27-47(53)49-29-25-31-51(65(49)69)63-55-35-39-59(73-55)67(71)61-41-37-57(75-61)64(58-38-42-62(76-58)68(72)60-40-36-56(63)74-60)52-32-26-30-50-48-28-18-20-34-54(48)70(66(50)52,45-23-15-11-7-3)46-24-16-12-8-4/h17-20,25-42H,5-16,21-24,43-46H2,1-4H3. The molecule has 0 saturated carbocycles. The molecular formula is C70H74Br2N4. The van der Waals surface area contributed by atoms with Gasteiger partial charge in [-0.2, -0.15) is 0 Å². The SMILES string of the molecule is CCCCCCC1(CCCCCC)c2ccccc2-c2cccc(C3=C4C=CC(=N4)C(Br)=C4C=CC(=N4)C(c4cccc5c4C(CCCCCC)(CCCCCC)c4ccccc4-5)=C4C=CC(=N4)C(Br)=C4C=CC3=N4)c21. The number of aliphatic imine (C=N–C) groups is 4. The number of allylic oxidation sites excluding steroid dienone is 12. The van der Waals surface area contributed by atoms with Crippen LogP contribution >= 0.6 is 31.9 Å². The van der Waals surface area contributed by atoms with Crippen molar-refractivity contribution in [2.45, 2.75) is 167 Å². The van der Waals surface area contributed by atoms with Crippen molar-refractivity contribution in [3.05, 3.63) is 199 Å². The summed E-state index contributed by atoms with van der Waals surface area (Å²) in [7, 11) is 0. The Morgan fingerprint density at radius 2 is 0.632 bits per heavy atom. The van der Waals surface area contributed by atoms with Crippen molar-refractivity contribution in [2.24, 2.45) is 20.0 Å². The monoisotopic (exact) mass is 1130 g/mol. The lowest BCUT2D eigenvalue weighted by molar-refractivity contribution is 0.400. The second kappa shape index (κ2) is 23.2. The Hall–Kier alpha value is -5.56. The first-order valence-corrected chi connectivity index (χ1v) is 30.8. The highest BCUT2D eigenvalue weighted by Gasteiger charge is 2.46. The number of halogens is 2. The molecular weight excluding hydrogens is 1060 g/mol. The van der Waals surface area contributed by atoms with Gasteiger partial charge in [-0.05, 0) is 162 Å². The maximum Gasteiger partial charge on any atom is 0.0801 e. The molecule has 7 aliphatic rings. The highest BCUT2D eigenvalue weighted by Crippen LogP contribution is 2.59. The van der Waals surface area contributed by atoms with E-state index in [0.717, 1.165) is 91.4 Å². The maximum atomic E-state index is 5.58. The van der Waals surface area contributed by atoms with E-state index >= 15 is 0 Å². The van der Waals surface area contributed by atoms with Gasteiger partial charge in [-0.1, -0.05) is 215 Å². The molecule has 6 heteroatoms. The van der Waals surface area contributed by atoms with Crippen molar-refractivity contribution < 1.29 is 0 Å². The van der Waals surface area contributed by atoms with Crippen LogP contribution in [0.25, 0.3) is 33.4 Å². The third-order valence-electron chi connectivity index (χ3n) is 17.4. The number of hydrogen-bond donors (Lipinski definition) is 0. The zero-order valence-corrected chi connectivity index (χ0v) is 48.6. The largest absolute Gasteiger partial charge is 0.247 e. The van der Waals surface area contributed by atoms with E-state index in [2.05, 4.69) is 193 Å². The summed E-state index contributed by atoms with van der Waals surface area (Å²) in [6.45, 7) is 9.28. The van der Waals surface area contributed by atoms with Crippen molar-refractivity contribution in [3.8, 4) is 22.3 Å². The molecule has 8 bridgehead atoms. The molecule has 0 spiro atoms. The Morgan fingerprint density at radius 1 is 0.316 bits per heavy atom. The molecule has 0 atom stereocenters. The molecule has 0 saturated heterocycles. The van der Waals surface area contributed by atoms with Gasteiger partial charge in [0.2, 0.25) is 0 Å². The van der Waals surface area contributed by atoms with Crippen LogP contribution in [0.15, 0.2) is 185 Å². The van der Waals surface area contributed by atoms with E-state index in [1.165, 1.54) is 158 Å². The van der Waals surface area contributed by atoms with Gasteiger partial charge in [0.1, 0.15) is 0 Å². The van der Waals surface area contributed by atoms with Crippen LogP contribution < -0.4 is 0 Å². The molecule has 0 radical (unpaired) electrons. The summed E-state index contributed by atoms with van der Waals surface area (Å²) in [5.41, 5.74) is 22.7. The van der Waals surface area contributed by atoms with Crippen molar-refractivity contribution in [1.82, 2.24) is 0 Å². The van der Waals surface area contributed by atoms with Gasteiger partial charge < -0.3 is 0 Å². The number of nitrogens with zero attached hydrogens (tertiary/aromatic N) is 4. The molecule has 4 aromatic rings. The number of benzene rings is 4. The molecule has 11 rings (SSSR count). The van der Waals surface area contributed by atoms with Crippen LogP contribution in [-0.2, 0) is 10.8 Å². The van der Waals surface area contributed by atoms with Crippen molar-refractivity contribution >= 4 is 65.9 Å². The number of fused-ring (bicyclic) bond motifs is 10. The van der Waals surface area contributed by atoms with Gasteiger partial charge in [-0.3, -0.25) is 0 Å². The topological polar surface area (TPSA) is 49.4 Å². The van der Waals surface area contributed by atoms with Gasteiger partial charge in [-0.25, -0.2) is 20.0 Å². The van der Waals surface area contributed by atoms with Crippen molar-refractivity contribution in [1.29, 1.82) is 0 Å². The Morgan fingerprint density at radius 3 is 1.01 bits per heavy atom. The van der Waals surface area contributed by atoms with E-state index in [0.29, 0.717) is 0 Å². The van der Waals surface area contributed by atoms with Gasteiger partial charge in [0, 0.05) is 22.0 Å². The second-order valence-corrected chi connectivity index (χ2v) is 23.8. The van der Waals surface area contributed by atoms with E-state index in [9.17, 15) is 0 Å². The van der Waals surface area contributed by atoms with Crippen LogP contribution in [0.3, 0.4) is 0 Å². The molecule has 2 aliphatic carbocycles. The zero-order chi connectivity index (χ0) is 52.2. The summed E-state index contributed by atoms with van der Waals surface area (Å²) in [5.74, 6) is 0. The molecule has 0 aromatic heterocycles. The predicted molar refractivity (Wildman–Crippen MR) is 332 cm³/mol. The van der Waals surface area contributed by atoms with Gasteiger partial charge in [0.05, 0.1) is 54.6 Å². The van der Waals surface area contributed by atoms with Crippen LogP contribution in [0, 0.1) is 0 Å². The minimum atomic E-state index is -0.124. The summed E-state index contributed by atoms with van der Waals surface area (Å²) < 4.78 is 1.75. The molecule has 0 amide bonds. The molecule has 0 N–H and O–H groups in total. The first-order chi connectivity index (χ1) is 37.4. The normalized spacial score (nSPS) is 18.0. The molecule has 5 heterocycles. The van der Waals surface area contributed by atoms with E-state index in [-0.39, 0.29) is 10.8 Å². The van der Waals surface area contributed by atoms with Crippen LogP contribution in [0.1, 0.15) is 189 Å². The highest BCUT2D eigenvalue weighted by atomic mass is 79.9. The quantitative estimate of drug-likeness (QED) is 0.0704. The lowest BCUT2D eigenvalue weighted by atomic mass is 9.68. The summed E-state index contributed by atoms with van der Waals surface area (Å²) in [6, 6.07) is 32.6. The lowest BCUT2D eigenvalue weighted by Gasteiger charge is -2.35. The molecule has 4 aromatic carbocycles. The third kappa shape index (κ3) is 9.56. The molecule has 5 aliphatic heterocycles. The lowest BCUT2D eigenvalue weighted by Crippen LogP contribution is -2.27. The summed E-state index contributed by atoms with van der Waals surface area (Å²) in [5, 5.41) is 0. The van der Waals surface area contributed by atoms with Gasteiger partial charge in [-0.15, -0.1) is 0 Å². The van der Waals surface area contributed by atoms with Crippen LogP contribution in [0.4, 0.5) is 0 Å². The van der Waals surface area contributed by atoms with Crippen molar-refractivity contribution in [3.63, 3.8) is 0 Å². The minimum Gasteiger partial charge on any atom is -0.247 e. The van der Waals surface area contributed by atoms with Crippen LogP contribution in [0.2, 0.25) is 0 Å². The smallest absolute Gasteiger partial charge is 0.0801 e. The first-order valence-electron chi connectivity index (χ1n) is 29.2. The summed E-state index contributed by atoms with van der Waals surface area (Å²) in [6.07, 6.45) is 41.7. The number of rotatable bonds is 22. The highest BCUT2D eigenvalue weighted by molar-refractivity contribution is 9.12. The van der Waals surface area contributed by atoms with E-state index < -0.39 is 0 Å². The Balaban J connectivity index is 1.09. The molecule has 388 valence electrons. The first kappa shape index (κ1) is 52.5. The van der Waals surface area contributed by atoms with Gasteiger partial charge in [0.25, 0.3) is 0 Å². The second-order valence-electron chi connectivity index (χ2n) is 22.2. The number of hydrogen-bond acceptors (Lipinski definition) is 4. The van der Waals surface area contributed by atoms with Crippen molar-refractivity contribution in [2.75, 3.05) is 0 Å². The molecule has 0 fully saturated rings. The van der Waals surface area contributed by atoms with Gasteiger partial charge in [0.15, 0.2) is 0 Å². The summed E-state index contributed by atoms with van der Waals surface area (Å²) in [4.78, 5) is 22.3. The molecule has 76 heavy (non-hydrogen) atoms. The van der Waals surface area contributed by atoms with Crippen LogP contribution in [0.5, 0.6) is 0 Å². The van der Waals surface area contributed by atoms with E-state index in [1.54, 1.807) is 0 Å². The number of unbranched alkanes of at least 4 members (excludes halogenated alkanes) is 12. The van der Waals surface area contributed by atoms with E-state index in [4.69, 9.17) is 20.0 Å². The zero-order valence-electron chi connectivity index (χ0n) is 45.4. The average molecular weight is 1130 g/mol. The Kier molecular flexibility index (Phi) is 16.0. The predicted octanol–water partition coefficient (Wildman–Crippen LogP) is 20.5. The fourth-order valence-electron chi connectivity index (χ4n) is 13.8. The fourth-order valence-corrected chi connectivity index (χ4v) is 14.7. The van der Waals surface area contributed by atoms with Gasteiger partial charge >= 0.3 is 0 Å². The third-order valence-corrected chi connectivity index (χ3v) is 19.0. The molecule has 4 nitrogen and oxygen atoms in total. The fraction of sp³-hybridized carbons (Fsp3) is 0.371.